The van der Waals surface area contributed by atoms with E-state index in [-0.39, 0.29) is 24.4 Å². The second kappa shape index (κ2) is 6.59. The van der Waals surface area contributed by atoms with E-state index in [1.54, 1.807) is 14.1 Å². The van der Waals surface area contributed by atoms with Gasteiger partial charge in [0.2, 0.25) is 11.8 Å². The maximum atomic E-state index is 11.9. The Labute approximate surface area is 103 Å². The van der Waals surface area contributed by atoms with Crippen molar-refractivity contribution in [2.45, 2.75) is 38.1 Å². The minimum absolute atomic E-state index is 0.0349. The first-order chi connectivity index (χ1) is 8.02. The molecule has 17 heavy (non-hydrogen) atoms. The lowest BCUT2D eigenvalue weighted by Gasteiger charge is -2.27. The van der Waals surface area contributed by atoms with E-state index < -0.39 is 0 Å². The summed E-state index contributed by atoms with van der Waals surface area (Å²) in [5.41, 5.74) is 5.89. The van der Waals surface area contributed by atoms with Crippen LogP contribution in [0.4, 0.5) is 0 Å². The third-order valence-corrected chi connectivity index (χ3v) is 3.37. The van der Waals surface area contributed by atoms with E-state index >= 15 is 0 Å². The number of carbonyl (C=O) groups excluding carboxylic acids is 2. The molecule has 1 rings (SSSR count). The van der Waals surface area contributed by atoms with Crippen molar-refractivity contribution in [3.63, 3.8) is 0 Å². The van der Waals surface area contributed by atoms with Crippen LogP contribution in [-0.2, 0) is 9.59 Å². The predicted octanol–water partition coefficient (Wildman–Crippen LogP) is 0.0984. The van der Waals surface area contributed by atoms with Gasteiger partial charge in [-0.15, -0.1) is 0 Å². The lowest BCUT2D eigenvalue weighted by atomic mass is 9.84. The number of likely N-dealkylation sites (N-methyl/N-ethyl adjacent to an activating group) is 2. The molecule has 0 aromatic rings. The number of hydrogen-bond acceptors (Lipinski definition) is 3. The Morgan fingerprint density at radius 2 is 2.12 bits per heavy atom. The van der Waals surface area contributed by atoms with E-state index in [2.05, 4.69) is 5.32 Å². The highest BCUT2D eigenvalue weighted by molar-refractivity contribution is 5.84. The molecule has 0 saturated heterocycles. The molecule has 5 nitrogen and oxygen atoms in total. The number of rotatable bonds is 4. The van der Waals surface area contributed by atoms with Crippen molar-refractivity contribution in [2.24, 2.45) is 11.7 Å². The normalized spacial score (nSPS) is 24.2. The second-order valence-corrected chi connectivity index (χ2v) is 4.92. The molecule has 0 heterocycles. The van der Waals surface area contributed by atoms with Gasteiger partial charge in [0.25, 0.3) is 0 Å². The Bertz CT molecular complexity index is 281. The summed E-state index contributed by atoms with van der Waals surface area (Å²) in [5, 5.41) is 2.51. The summed E-state index contributed by atoms with van der Waals surface area (Å²) < 4.78 is 0. The van der Waals surface area contributed by atoms with Gasteiger partial charge in [0.05, 0.1) is 6.54 Å². The van der Waals surface area contributed by atoms with E-state index in [0.29, 0.717) is 12.3 Å². The zero-order valence-electron chi connectivity index (χ0n) is 10.7. The second-order valence-electron chi connectivity index (χ2n) is 4.92. The predicted molar refractivity (Wildman–Crippen MR) is 66.3 cm³/mol. The highest BCUT2D eigenvalue weighted by Crippen LogP contribution is 2.26. The zero-order valence-corrected chi connectivity index (χ0v) is 10.7. The van der Waals surface area contributed by atoms with Crippen LogP contribution in [0.2, 0.25) is 0 Å². The van der Waals surface area contributed by atoms with E-state index in [9.17, 15) is 9.59 Å². The maximum Gasteiger partial charge on any atom is 0.239 e. The molecule has 5 heteroatoms. The van der Waals surface area contributed by atoms with Crippen LogP contribution in [0.25, 0.3) is 0 Å². The molecular formula is C12H23N3O2. The van der Waals surface area contributed by atoms with E-state index in [1.807, 2.05) is 0 Å². The summed E-state index contributed by atoms with van der Waals surface area (Å²) in [6, 6.07) is 0.241. The topological polar surface area (TPSA) is 75.4 Å². The fraction of sp³-hybridized carbons (Fsp3) is 0.833. The Morgan fingerprint density at radius 3 is 2.71 bits per heavy atom. The molecule has 98 valence electrons. The molecular weight excluding hydrogens is 218 g/mol. The van der Waals surface area contributed by atoms with Gasteiger partial charge in [-0.25, -0.2) is 0 Å². The largest absolute Gasteiger partial charge is 0.358 e. The maximum absolute atomic E-state index is 11.9. The van der Waals surface area contributed by atoms with Crippen LogP contribution in [0.1, 0.15) is 32.1 Å². The van der Waals surface area contributed by atoms with Crippen LogP contribution in [0.5, 0.6) is 0 Å². The number of nitrogens with zero attached hydrogens (tertiary/aromatic N) is 1. The number of amides is 2. The molecule has 3 N–H and O–H groups in total. The number of carbonyl (C=O) groups is 2. The van der Waals surface area contributed by atoms with E-state index in [4.69, 9.17) is 5.73 Å². The average Bonchev–Trinajstić information content (AvgIpc) is 2.28. The van der Waals surface area contributed by atoms with Crippen molar-refractivity contribution in [1.82, 2.24) is 10.2 Å². The first-order valence-corrected chi connectivity index (χ1v) is 6.23. The fourth-order valence-electron chi connectivity index (χ4n) is 2.30. The molecule has 2 unspecified atom stereocenters. The van der Waals surface area contributed by atoms with Crippen molar-refractivity contribution in [3.05, 3.63) is 0 Å². The molecule has 0 aromatic heterocycles. The molecule has 1 aliphatic rings. The van der Waals surface area contributed by atoms with Crippen LogP contribution >= 0.6 is 0 Å². The van der Waals surface area contributed by atoms with Gasteiger partial charge in [-0.2, -0.15) is 0 Å². The molecule has 2 atom stereocenters. The van der Waals surface area contributed by atoms with E-state index in [0.717, 1.165) is 25.7 Å². The summed E-state index contributed by atoms with van der Waals surface area (Å²) in [7, 11) is 3.24. The smallest absolute Gasteiger partial charge is 0.239 e. The number of nitrogens with one attached hydrogen (secondary N) is 1. The molecule has 0 aliphatic heterocycles. The van der Waals surface area contributed by atoms with Crippen LogP contribution < -0.4 is 11.1 Å². The van der Waals surface area contributed by atoms with Gasteiger partial charge in [-0.1, -0.05) is 6.42 Å². The first-order valence-electron chi connectivity index (χ1n) is 6.23. The van der Waals surface area contributed by atoms with Crippen molar-refractivity contribution >= 4 is 11.8 Å². The van der Waals surface area contributed by atoms with Crippen molar-refractivity contribution in [2.75, 3.05) is 20.6 Å². The monoisotopic (exact) mass is 241 g/mol. The Kier molecular flexibility index (Phi) is 5.41. The summed E-state index contributed by atoms with van der Waals surface area (Å²) >= 11 is 0. The summed E-state index contributed by atoms with van der Waals surface area (Å²) in [6.45, 7) is 0.133. The van der Waals surface area contributed by atoms with Gasteiger partial charge >= 0.3 is 0 Å². The van der Waals surface area contributed by atoms with Gasteiger partial charge in [0, 0.05) is 26.6 Å². The molecule has 0 radical (unpaired) electrons. The summed E-state index contributed by atoms with van der Waals surface area (Å²) in [6.07, 6.45) is 4.70. The summed E-state index contributed by atoms with van der Waals surface area (Å²) in [4.78, 5) is 24.5. The molecule has 0 bridgehead atoms. The number of nitrogens with two attached hydrogens (primary N) is 1. The highest BCUT2D eigenvalue weighted by atomic mass is 16.2. The SMILES string of the molecule is CNC(=O)CN(C)C(=O)CC1CCCC(N)C1. The Balaban J connectivity index is 2.34. The van der Waals surface area contributed by atoms with Crippen LogP contribution in [-0.4, -0.2) is 43.4 Å². The first kappa shape index (κ1) is 14.0. The molecule has 0 spiro atoms. The lowest BCUT2D eigenvalue weighted by Crippen LogP contribution is -2.38. The standard InChI is InChI=1S/C12H23N3O2/c1-14-11(16)8-15(2)12(17)7-9-4-3-5-10(13)6-9/h9-10H,3-8,13H2,1-2H3,(H,14,16). The molecule has 2 amide bonds. The minimum atomic E-state index is -0.138. The van der Waals surface area contributed by atoms with Gasteiger partial charge in [0.1, 0.15) is 0 Å². The minimum Gasteiger partial charge on any atom is -0.358 e. The highest BCUT2D eigenvalue weighted by Gasteiger charge is 2.23. The van der Waals surface area contributed by atoms with Crippen molar-refractivity contribution in [1.29, 1.82) is 0 Å². The third-order valence-electron chi connectivity index (χ3n) is 3.37. The number of hydrogen-bond donors (Lipinski definition) is 2. The fourth-order valence-corrected chi connectivity index (χ4v) is 2.30. The molecule has 1 aliphatic carbocycles. The average molecular weight is 241 g/mol. The quantitative estimate of drug-likeness (QED) is 0.733. The van der Waals surface area contributed by atoms with Gasteiger partial charge in [0.15, 0.2) is 0 Å². The lowest BCUT2D eigenvalue weighted by molar-refractivity contribution is -0.135. The van der Waals surface area contributed by atoms with E-state index in [1.165, 1.54) is 4.90 Å². The van der Waals surface area contributed by atoms with Gasteiger partial charge in [-0.05, 0) is 25.2 Å². The molecule has 1 fully saturated rings. The molecule has 1 saturated carbocycles. The van der Waals surface area contributed by atoms with Gasteiger partial charge < -0.3 is 16.0 Å². The molecule has 0 aromatic carbocycles. The van der Waals surface area contributed by atoms with Crippen LogP contribution in [0.3, 0.4) is 0 Å². The van der Waals surface area contributed by atoms with Gasteiger partial charge in [-0.3, -0.25) is 9.59 Å². The summed E-state index contributed by atoms with van der Waals surface area (Å²) in [5.74, 6) is 0.285. The zero-order chi connectivity index (χ0) is 12.8. The Hall–Kier alpha value is -1.10. The van der Waals surface area contributed by atoms with Crippen molar-refractivity contribution < 1.29 is 9.59 Å². The van der Waals surface area contributed by atoms with Crippen LogP contribution in [0, 0.1) is 5.92 Å². The van der Waals surface area contributed by atoms with Crippen LogP contribution in [0.15, 0.2) is 0 Å². The Morgan fingerprint density at radius 1 is 1.41 bits per heavy atom. The van der Waals surface area contributed by atoms with Crippen molar-refractivity contribution in [3.8, 4) is 0 Å². The third kappa shape index (κ3) is 4.73.